The van der Waals surface area contributed by atoms with Gasteiger partial charge in [0.05, 0.1) is 5.52 Å². The van der Waals surface area contributed by atoms with E-state index in [1.165, 1.54) is 0 Å². The molecule has 0 radical (unpaired) electrons. The smallest absolute Gasteiger partial charge is 0.303 e. The first-order chi connectivity index (χ1) is 11.1. The molecule has 124 valence electrons. The molecule has 2 aromatic rings. The molecule has 23 heavy (non-hydrogen) atoms. The van der Waals surface area contributed by atoms with Crippen molar-refractivity contribution in [1.29, 1.82) is 0 Å². The molecule has 1 heterocycles. The van der Waals surface area contributed by atoms with Crippen LogP contribution in [0, 0.1) is 0 Å². The fourth-order valence-electron chi connectivity index (χ4n) is 2.42. The number of benzene rings is 1. The average molecular weight is 318 g/mol. The average Bonchev–Trinajstić information content (AvgIpc) is 2.90. The fourth-order valence-corrected chi connectivity index (χ4v) is 2.42. The lowest BCUT2D eigenvalue weighted by atomic mass is 10.1. The molecule has 0 unspecified atom stereocenters. The van der Waals surface area contributed by atoms with Crippen LogP contribution in [-0.2, 0) is 11.8 Å². The van der Waals surface area contributed by atoms with Crippen molar-refractivity contribution in [2.75, 3.05) is 6.54 Å². The molecule has 1 aromatic heterocycles. The third-order valence-corrected chi connectivity index (χ3v) is 3.73. The number of aromatic nitrogens is 3. The highest BCUT2D eigenvalue weighted by Crippen LogP contribution is 2.12. The minimum Gasteiger partial charge on any atom is -0.481 e. The van der Waals surface area contributed by atoms with Gasteiger partial charge in [-0.05, 0) is 31.0 Å². The number of amides is 1. The Labute approximate surface area is 134 Å². The standard InChI is InChI=1S/C16H22N4O3/c1-20-14-9-8-12(11-13(14)18-19-20)16(23)17-10-6-4-2-3-5-7-15(21)22/h8-9,11H,2-7,10H2,1H3,(H,17,23)(H,21,22). The number of carbonyl (C=O) groups is 2. The number of unbranched alkanes of at least 4 members (excludes halogenated alkanes) is 4. The van der Waals surface area contributed by atoms with E-state index in [0.717, 1.165) is 37.6 Å². The maximum Gasteiger partial charge on any atom is 0.303 e. The SMILES string of the molecule is Cn1nnc2cc(C(=O)NCCCCCCCC(=O)O)ccc21. The lowest BCUT2D eigenvalue weighted by Gasteiger charge is -2.05. The summed E-state index contributed by atoms with van der Waals surface area (Å²) in [7, 11) is 1.81. The molecule has 1 aromatic carbocycles. The number of fused-ring (bicyclic) bond motifs is 1. The molecule has 0 saturated heterocycles. The second-order valence-electron chi connectivity index (χ2n) is 5.58. The van der Waals surface area contributed by atoms with Gasteiger partial charge in [-0.1, -0.05) is 24.5 Å². The van der Waals surface area contributed by atoms with E-state index in [0.29, 0.717) is 17.6 Å². The van der Waals surface area contributed by atoms with Crippen LogP contribution in [0.3, 0.4) is 0 Å². The van der Waals surface area contributed by atoms with E-state index >= 15 is 0 Å². The number of carbonyl (C=O) groups excluding carboxylic acids is 1. The van der Waals surface area contributed by atoms with Crippen molar-refractivity contribution in [2.24, 2.45) is 7.05 Å². The van der Waals surface area contributed by atoms with Gasteiger partial charge in [-0.3, -0.25) is 9.59 Å². The molecule has 0 aliphatic rings. The zero-order valence-electron chi connectivity index (χ0n) is 13.3. The van der Waals surface area contributed by atoms with Gasteiger partial charge < -0.3 is 10.4 Å². The highest BCUT2D eigenvalue weighted by molar-refractivity contribution is 5.97. The van der Waals surface area contributed by atoms with Crippen LogP contribution in [0.2, 0.25) is 0 Å². The molecule has 0 aliphatic carbocycles. The summed E-state index contributed by atoms with van der Waals surface area (Å²) >= 11 is 0. The Balaban J connectivity index is 1.67. The molecule has 0 saturated carbocycles. The quantitative estimate of drug-likeness (QED) is 0.690. The molecule has 0 bridgehead atoms. The van der Waals surface area contributed by atoms with Crippen molar-refractivity contribution in [2.45, 2.75) is 38.5 Å². The van der Waals surface area contributed by atoms with Gasteiger partial charge >= 0.3 is 5.97 Å². The number of rotatable bonds is 9. The zero-order chi connectivity index (χ0) is 16.7. The Bertz CT molecular complexity index is 681. The van der Waals surface area contributed by atoms with Gasteiger partial charge in [0.15, 0.2) is 0 Å². The molecule has 0 spiro atoms. The second kappa shape index (κ2) is 8.26. The van der Waals surface area contributed by atoms with Crippen LogP contribution in [0.25, 0.3) is 11.0 Å². The van der Waals surface area contributed by atoms with Gasteiger partial charge in [0.2, 0.25) is 0 Å². The molecule has 0 atom stereocenters. The minimum absolute atomic E-state index is 0.108. The summed E-state index contributed by atoms with van der Waals surface area (Å²) in [5.41, 5.74) is 2.18. The lowest BCUT2D eigenvalue weighted by Crippen LogP contribution is -2.24. The van der Waals surface area contributed by atoms with E-state index in [1.54, 1.807) is 16.8 Å². The first-order valence-corrected chi connectivity index (χ1v) is 7.87. The summed E-state index contributed by atoms with van der Waals surface area (Å²) in [6, 6.07) is 5.35. The van der Waals surface area contributed by atoms with Crippen molar-refractivity contribution < 1.29 is 14.7 Å². The Hall–Kier alpha value is -2.44. The summed E-state index contributed by atoms with van der Waals surface area (Å²) in [5.74, 6) is -0.847. The Morgan fingerprint density at radius 2 is 1.91 bits per heavy atom. The molecule has 0 aliphatic heterocycles. The third kappa shape index (κ3) is 5.05. The van der Waals surface area contributed by atoms with Gasteiger partial charge in [-0.15, -0.1) is 5.10 Å². The van der Waals surface area contributed by atoms with Crippen LogP contribution < -0.4 is 5.32 Å². The molecule has 0 fully saturated rings. The number of nitrogens with zero attached hydrogens (tertiary/aromatic N) is 3. The van der Waals surface area contributed by atoms with Crippen LogP contribution in [0.15, 0.2) is 18.2 Å². The van der Waals surface area contributed by atoms with E-state index < -0.39 is 5.97 Å². The number of carboxylic acid groups (broad SMARTS) is 1. The van der Waals surface area contributed by atoms with E-state index in [4.69, 9.17) is 5.11 Å². The van der Waals surface area contributed by atoms with Crippen LogP contribution in [0.1, 0.15) is 48.9 Å². The molecular weight excluding hydrogens is 296 g/mol. The van der Waals surface area contributed by atoms with Crippen LogP contribution >= 0.6 is 0 Å². The van der Waals surface area contributed by atoms with Gasteiger partial charge in [0.1, 0.15) is 5.52 Å². The van der Waals surface area contributed by atoms with Crippen molar-refractivity contribution in [3.63, 3.8) is 0 Å². The molecule has 2 rings (SSSR count). The van der Waals surface area contributed by atoms with Gasteiger partial charge in [0, 0.05) is 25.6 Å². The lowest BCUT2D eigenvalue weighted by molar-refractivity contribution is -0.137. The zero-order valence-corrected chi connectivity index (χ0v) is 13.3. The number of nitrogens with one attached hydrogen (secondary N) is 1. The summed E-state index contributed by atoms with van der Waals surface area (Å²) < 4.78 is 1.67. The number of aryl methyl sites for hydroxylation is 1. The third-order valence-electron chi connectivity index (χ3n) is 3.73. The molecule has 7 heteroatoms. The highest BCUT2D eigenvalue weighted by Gasteiger charge is 2.08. The van der Waals surface area contributed by atoms with Crippen LogP contribution in [-0.4, -0.2) is 38.5 Å². The van der Waals surface area contributed by atoms with Crippen molar-refractivity contribution in [3.05, 3.63) is 23.8 Å². The first kappa shape index (κ1) is 16.9. The van der Waals surface area contributed by atoms with Gasteiger partial charge in [-0.2, -0.15) is 0 Å². The number of hydrogen-bond donors (Lipinski definition) is 2. The number of hydrogen-bond acceptors (Lipinski definition) is 4. The monoisotopic (exact) mass is 318 g/mol. The van der Waals surface area contributed by atoms with Gasteiger partial charge in [0.25, 0.3) is 5.91 Å². The van der Waals surface area contributed by atoms with Gasteiger partial charge in [-0.25, -0.2) is 4.68 Å². The molecular formula is C16H22N4O3. The summed E-state index contributed by atoms with van der Waals surface area (Å²) in [5, 5.41) is 19.3. The van der Waals surface area contributed by atoms with E-state index in [1.807, 2.05) is 13.1 Å². The number of carboxylic acids is 1. The maximum absolute atomic E-state index is 12.1. The highest BCUT2D eigenvalue weighted by atomic mass is 16.4. The molecule has 7 nitrogen and oxygen atoms in total. The molecule has 2 N–H and O–H groups in total. The predicted molar refractivity (Wildman–Crippen MR) is 86.2 cm³/mol. The van der Waals surface area contributed by atoms with E-state index in [2.05, 4.69) is 15.6 Å². The summed E-state index contributed by atoms with van der Waals surface area (Å²) in [6.07, 6.45) is 4.76. The Morgan fingerprint density at radius 3 is 2.70 bits per heavy atom. The summed E-state index contributed by atoms with van der Waals surface area (Å²) in [4.78, 5) is 22.4. The van der Waals surface area contributed by atoms with Crippen molar-refractivity contribution in [1.82, 2.24) is 20.3 Å². The Morgan fingerprint density at radius 1 is 1.17 bits per heavy atom. The van der Waals surface area contributed by atoms with E-state index in [9.17, 15) is 9.59 Å². The van der Waals surface area contributed by atoms with Crippen LogP contribution in [0.4, 0.5) is 0 Å². The van der Waals surface area contributed by atoms with Crippen LogP contribution in [0.5, 0.6) is 0 Å². The van der Waals surface area contributed by atoms with E-state index in [-0.39, 0.29) is 12.3 Å². The predicted octanol–water partition coefficient (Wildman–Crippen LogP) is 2.12. The normalized spacial score (nSPS) is 10.8. The first-order valence-electron chi connectivity index (χ1n) is 7.87. The summed E-state index contributed by atoms with van der Waals surface area (Å²) in [6.45, 7) is 0.621. The maximum atomic E-state index is 12.1. The topological polar surface area (TPSA) is 97.1 Å². The largest absolute Gasteiger partial charge is 0.481 e. The number of aliphatic carboxylic acids is 1. The molecule has 1 amide bonds. The fraction of sp³-hybridized carbons (Fsp3) is 0.500. The van der Waals surface area contributed by atoms with Crippen molar-refractivity contribution in [3.8, 4) is 0 Å². The van der Waals surface area contributed by atoms with Crippen molar-refractivity contribution >= 4 is 22.9 Å². The second-order valence-corrected chi connectivity index (χ2v) is 5.58. The minimum atomic E-state index is -0.739. The Kier molecular flexibility index (Phi) is 6.08.